The van der Waals surface area contributed by atoms with Crippen molar-refractivity contribution in [2.24, 2.45) is 22.0 Å². The quantitative estimate of drug-likeness (QED) is 0.267. The van der Waals surface area contributed by atoms with Crippen LogP contribution in [0.15, 0.2) is 34.2 Å². The molecule has 176 valence electrons. The van der Waals surface area contributed by atoms with Crippen LogP contribution >= 0.6 is 24.0 Å². The molecule has 10 heteroatoms. The summed E-state index contributed by atoms with van der Waals surface area (Å²) in [5.74, 6) is 2.03. The first kappa shape index (κ1) is 27.6. The minimum atomic E-state index is -3.71. The molecule has 0 radical (unpaired) electrons. The fourth-order valence-electron chi connectivity index (χ4n) is 3.55. The number of carbonyl (C=O) groups is 1. The Morgan fingerprint density at radius 3 is 2.23 bits per heavy atom. The van der Waals surface area contributed by atoms with Gasteiger partial charge in [-0.3, -0.25) is 4.79 Å². The van der Waals surface area contributed by atoms with Crippen molar-refractivity contribution >= 4 is 45.9 Å². The van der Waals surface area contributed by atoms with Gasteiger partial charge in [0.2, 0.25) is 15.9 Å². The summed E-state index contributed by atoms with van der Waals surface area (Å²) in [6, 6.07) is 6.66. The normalized spacial score (nSPS) is 19.5. The van der Waals surface area contributed by atoms with Gasteiger partial charge in [-0.2, -0.15) is 0 Å². The number of carbonyl (C=O) groups excluding carboxylic acids is 1. The van der Waals surface area contributed by atoms with E-state index in [1.54, 1.807) is 26.2 Å². The van der Waals surface area contributed by atoms with Crippen LogP contribution in [0.4, 0.5) is 0 Å². The Morgan fingerprint density at radius 2 is 1.74 bits per heavy atom. The lowest BCUT2D eigenvalue weighted by atomic mass is 9.80. The van der Waals surface area contributed by atoms with Gasteiger partial charge in [-0.15, -0.1) is 24.0 Å². The first-order valence-electron chi connectivity index (χ1n) is 10.4. The molecular formula is C21H36IN5O3S. The van der Waals surface area contributed by atoms with Gasteiger partial charge >= 0.3 is 0 Å². The fraction of sp³-hybridized carbons (Fsp3) is 0.619. The van der Waals surface area contributed by atoms with E-state index in [9.17, 15) is 13.2 Å². The molecule has 1 aromatic rings. The molecule has 1 fully saturated rings. The van der Waals surface area contributed by atoms with Crippen LogP contribution in [0.25, 0.3) is 0 Å². The molecule has 0 saturated heterocycles. The second-order valence-corrected chi connectivity index (χ2v) is 10.1. The average Bonchev–Trinajstić information content (AvgIpc) is 2.69. The standard InChI is InChI=1S/C21H35N5O3S.HI/c1-15(2)17-7-9-18(10-8-17)25-21(24-14-20(27)26(3)4)23-13-16-5-11-19(12-6-16)30(22,28)29;/h5-6,11-12,15,17-18H,7-10,13-14H2,1-4H3,(H2,22,28,29)(H2,23,24,25);1H. The third-order valence-electron chi connectivity index (χ3n) is 5.63. The Balaban J connectivity index is 0.00000480. The number of likely N-dealkylation sites (N-methyl/N-ethyl adjacent to an activating group) is 1. The number of nitrogens with zero attached hydrogens (tertiary/aromatic N) is 2. The van der Waals surface area contributed by atoms with Gasteiger partial charge in [0.25, 0.3) is 0 Å². The summed E-state index contributed by atoms with van der Waals surface area (Å²) in [5.41, 5.74) is 0.853. The minimum Gasteiger partial charge on any atom is -0.354 e. The zero-order chi connectivity index (χ0) is 22.3. The molecule has 8 nitrogen and oxygen atoms in total. The topological polar surface area (TPSA) is 117 Å². The number of primary sulfonamides is 1. The minimum absolute atomic E-state index is 0. The molecule has 4 N–H and O–H groups in total. The van der Waals surface area contributed by atoms with Crippen molar-refractivity contribution in [1.82, 2.24) is 15.5 Å². The number of nitrogens with two attached hydrogens (primary N) is 1. The molecule has 0 unspecified atom stereocenters. The summed E-state index contributed by atoms with van der Waals surface area (Å²) in [7, 11) is -0.276. The van der Waals surface area contributed by atoms with E-state index in [1.807, 2.05) is 0 Å². The Labute approximate surface area is 203 Å². The van der Waals surface area contributed by atoms with Gasteiger partial charge in [0.05, 0.1) is 18.0 Å². The first-order valence-corrected chi connectivity index (χ1v) is 12.0. The van der Waals surface area contributed by atoms with E-state index in [2.05, 4.69) is 29.5 Å². The predicted molar refractivity (Wildman–Crippen MR) is 135 cm³/mol. The van der Waals surface area contributed by atoms with E-state index in [0.717, 1.165) is 24.3 Å². The van der Waals surface area contributed by atoms with Crippen LogP contribution in [0.1, 0.15) is 45.1 Å². The number of rotatable bonds is 7. The van der Waals surface area contributed by atoms with Crippen LogP contribution in [0.5, 0.6) is 0 Å². The smallest absolute Gasteiger partial charge is 0.241 e. The number of benzene rings is 1. The summed E-state index contributed by atoms with van der Waals surface area (Å²) >= 11 is 0. The van der Waals surface area contributed by atoms with E-state index >= 15 is 0 Å². The summed E-state index contributed by atoms with van der Waals surface area (Å²) < 4.78 is 22.8. The monoisotopic (exact) mass is 565 g/mol. The maximum absolute atomic E-state index is 12.0. The van der Waals surface area contributed by atoms with Crippen molar-refractivity contribution in [3.63, 3.8) is 0 Å². The number of halogens is 1. The first-order chi connectivity index (χ1) is 14.1. The zero-order valence-electron chi connectivity index (χ0n) is 18.8. The molecular weight excluding hydrogens is 529 g/mol. The molecule has 0 aromatic heterocycles. The van der Waals surface area contributed by atoms with Crippen LogP contribution in [0.2, 0.25) is 0 Å². The maximum atomic E-state index is 12.0. The maximum Gasteiger partial charge on any atom is 0.241 e. The average molecular weight is 566 g/mol. The van der Waals surface area contributed by atoms with E-state index < -0.39 is 10.0 Å². The van der Waals surface area contributed by atoms with E-state index in [-0.39, 0.29) is 41.3 Å². The van der Waals surface area contributed by atoms with Gasteiger partial charge in [0, 0.05) is 20.1 Å². The van der Waals surface area contributed by atoms with Crippen molar-refractivity contribution in [1.29, 1.82) is 0 Å². The highest BCUT2D eigenvalue weighted by Gasteiger charge is 2.24. The van der Waals surface area contributed by atoms with Crippen LogP contribution in [0.3, 0.4) is 0 Å². The van der Waals surface area contributed by atoms with Gasteiger partial charge in [0.1, 0.15) is 0 Å². The van der Waals surface area contributed by atoms with Crippen molar-refractivity contribution < 1.29 is 13.2 Å². The molecule has 0 atom stereocenters. The van der Waals surface area contributed by atoms with Gasteiger partial charge in [0.15, 0.2) is 5.96 Å². The highest BCUT2D eigenvalue weighted by atomic mass is 127. The number of aliphatic imine (C=N–C) groups is 1. The van der Waals surface area contributed by atoms with Gasteiger partial charge in [-0.1, -0.05) is 26.0 Å². The summed E-state index contributed by atoms with van der Waals surface area (Å²) in [5, 5.41) is 11.7. The number of hydrogen-bond donors (Lipinski definition) is 3. The molecule has 31 heavy (non-hydrogen) atoms. The molecule has 1 aliphatic rings. The van der Waals surface area contributed by atoms with Crippen molar-refractivity contribution in [2.45, 2.75) is 57.0 Å². The van der Waals surface area contributed by atoms with Gasteiger partial charge in [-0.05, 0) is 55.2 Å². The van der Waals surface area contributed by atoms with Crippen LogP contribution in [-0.2, 0) is 21.4 Å². The third kappa shape index (κ3) is 9.32. The van der Waals surface area contributed by atoms with E-state index in [0.29, 0.717) is 24.5 Å². The lowest BCUT2D eigenvalue weighted by Crippen LogP contribution is -2.47. The molecule has 0 bridgehead atoms. The summed E-state index contributed by atoms with van der Waals surface area (Å²) in [6.45, 7) is 5.07. The number of nitrogens with one attached hydrogen (secondary N) is 2. The zero-order valence-corrected chi connectivity index (χ0v) is 21.9. The summed E-state index contributed by atoms with van der Waals surface area (Å²) in [4.78, 5) is 18.2. The third-order valence-corrected chi connectivity index (χ3v) is 6.56. The van der Waals surface area contributed by atoms with Gasteiger partial charge < -0.3 is 15.5 Å². The SMILES string of the molecule is CC(C)C1CCC(NC(=NCc2ccc(S(N)(=O)=O)cc2)NCC(=O)N(C)C)CC1.I. The molecule has 0 spiro atoms. The van der Waals surface area contributed by atoms with Crippen LogP contribution < -0.4 is 15.8 Å². The number of guanidine groups is 1. The number of amides is 1. The second kappa shape index (κ2) is 12.6. The fourth-order valence-corrected chi connectivity index (χ4v) is 4.06. The molecule has 0 aliphatic heterocycles. The summed E-state index contributed by atoms with van der Waals surface area (Å²) in [6.07, 6.45) is 4.53. The molecule has 1 aromatic carbocycles. The Bertz CT molecular complexity index is 833. The van der Waals surface area contributed by atoms with Gasteiger partial charge in [-0.25, -0.2) is 18.5 Å². The van der Waals surface area contributed by atoms with Crippen LogP contribution in [0, 0.1) is 11.8 Å². The lowest BCUT2D eigenvalue weighted by molar-refractivity contribution is -0.127. The Kier molecular flexibility index (Phi) is 11.2. The highest BCUT2D eigenvalue weighted by Crippen LogP contribution is 2.29. The molecule has 1 amide bonds. The number of hydrogen-bond acceptors (Lipinski definition) is 4. The molecule has 1 aliphatic carbocycles. The molecule has 1 saturated carbocycles. The predicted octanol–water partition coefficient (Wildman–Crippen LogP) is 2.29. The second-order valence-electron chi connectivity index (χ2n) is 8.50. The molecule has 2 rings (SSSR count). The largest absolute Gasteiger partial charge is 0.354 e. The molecule has 0 heterocycles. The van der Waals surface area contributed by atoms with Crippen LogP contribution in [-0.4, -0.2) is 51.9 Å². The Hall–Kier alpha value is -1.40. The lowest BCUT2D eigenvalue weighted by Gasteiger charge is -2.32. The van der Waals surface area contributed by atoms with E-state index in [4.69, 9.17) is 5.14 Å². The number of sulfonamides is 1. The highest BCUT2D eigenvalue weighted by molar-refractivity contribution is 14.0. The Morgan fingerprint density at radius 1 is 1.16 bits per heavy atom. The van der Waals surface area contributed by atoms with Crippen molar-refractivity contribution in [2.75, 3.05) is 20.6 Å². The van der Waals surface area contributed by atoms with E-state index in [1.165, 1.54) is 29.9 Å². The van der Waals surface area contributed by atoms with Crippen molar-refractivity contribution in [3.8, 4) is 0 Å². The van der Waals surface area contributed by atoms with Crippen molar-refractivity contribution in [3.05, 3.63) is 29.8 Å².